The van der Waals surface area contributed by atoms with E-state index in [1.165, 1.54) is 0 Å². The monoisotopic (exact) mass is 266 g/mol. The lowest BCUT2D eigenvalue weighted by Gasteiger charge is -2.23. The van der Waals surface area contributed by atoms with Crippen LogP contribution >= 0.6 is 0 Å². The zero-order chi connectivity index (χ0) is 13.7. The van der Waals surface area contributed by atoms with Crippen molar-refractivity contribution in [3.63, 3.8) is 0 Å². The van der Waals surface area contributed by atoms with E-state index in [2.05, 4.69) is 0 Å². The molecular formula is C15H22O4. The summed E-state index contributed by atoms with van der Waals surface area (Å²) >= 11 is 0. The van der Waals surface area contributed by atoms with Gasteiger partial charge in [0.1, 0.15) is 6.10 Å². The normalized spacial score (nSPS) is 23.7. The van der Waals surface area contributed by atoms with Crippen LogP contribution in [0.2, 0.25) is 0 Å². The summed E-state index contributed by atoms with van der Waals surface area (Å²) in [5.74, 6) is 1.23. The Hall–Kier alpha value is -1.26. The molecule has 2 unspecified atom stereocenters. The third kappa shape index (κ3) is 3.61. The van der Waals surface area contributed by atoms with Gasteiger partial charge < -0.3 is 19.7 Å². The third-order valence-corrected chi connectivity index (χ3v) is 3.61. The molecule has 2 rings (SSSR count). The molecule has 0 aromatic heterocycles. The minimum absolute atomic E-state index is 0.0251. The van der Waals surface area contributed by atoms with Crippen molar-refractivity contribution in [2.75, 3.05) is 7.11 Å². The third-order valence-electron chi connectivity index (χ3n) is 3.61. The number of ether oxygens (including phenoxy) is 2. The van der Waals surface area contributed by atoms with Gasteiger partial charge in [-0.25, -0.2) is 0 Å². The van der Waals surface area contributed by atoms with Crippen molar-refractivity contribution >= 4 is 0 Å². The Morgan fingerprint density at radius 2 is 1.95 bits per heavy atom. The molecule has 2 N–H and O–H groups in total. The maximum Gasteiger partial charge on any atom is 0.161 e. The van der Waals surface area contributed by atoms with Gasteiger partial charge in [0, 0.05) is 0 Å². The first kappa shape index (κ1) is 14.2. The van der Waals surface area contributed by atoms with Gasteiger partial charge in [0.05, 0.1) is 19.8 Å². The van der Waals surface area contributed by atoms with Gasteiger partial charge in [-0.2, -0.15) is 0 Å². The van der Waals surface area contributed by atoms with E-state index in [0.29, 0.717) is 11.5 Å². The van der Waals surface area contributed by atoms with Crippen LogP contribution in [0.3, 0.4) is 0 Å². The minimum Gasteiger partial charge on any atom is -0.493 e. The zero-order valence-corrected chi connectivity index (χ0v) is 11.3. The average molecular weight is 266 g/mol. The molecular weight excluding hydrogens is 244 g/mol. The fourth-order valence-electron chi connectivity index (χ4n) is 2.46. The van der Waals surface area contributed by atoms with Crippen molar-refractivity contribution in [3.8, 4) is 11.5 Å². The second-order valence-electron chi connectivity index (χ2n) is 5.00. The fraction of sp³-hybridized carbons (Fsp3) is 0.600. The lowest BCUT2D eigenvalue weighted by Crippen LogP contribution is -2.30. The molecule has 1 aliphatic carbocycles. The van der Waals surface area contributed by atoms with Crippen LogP contribution in [0.15, 0.2) is 18.2 Å². The fourth-order valence-corrected chi connectivity index (χ4v) is 2.46. The molecule has 0 amide bonds. The van der Waals surface area contributed by atoms with E-state index >= 15 is 0 Å². The first-order valence-electron chi connectivity index (χ1n) is 6.87. The highest BCUT2D eigenvalue weighted by atomic mass is 16.5. The molecule has 0 aliphatic heterocycles. The first-order valence-corrected chi connectivity index (χ1v) is 6.87. The second kappa shape index (κ2) is 6.78. The van der Waals surface area contributed by atoms with Crippen molar-refractivity contribution in [1.82, 2.24) is 0 Å². The summed E-state index contributed by atoms with van der Waals surface area (Å²) < 4.78 is 11.2. The van der Waals surface area contributed by atoms with Crippen LogP contribution in [0, 0.1) is 0 Å². The highest BCUT2D eigenvalue weighted by molar-refractivity contribution is 5.43. The molecule has 1 aliphatic rings. The molecule has 0 radical (unpaired) electrons. The van der Waals surface area contributed by atoms with Crippen molar-refractivity contribution < 1.29 is 19.7 Å². The summed E-state index contributed by atoms with van der Waals surface area (Å²) in [5.41, 5.74) is 0.783. The number of rotatable bonds is 4. The van der Waals surface area contributed by atoms with Gasteiger partial charge in [-0.05, 0) is 37.0 Å². The van der Waals surface area contributed by atoms with Crippen LogP contribution in [0.1, 0.15) is 37.7 Å². The van der Waals surface area contributed by atoms with Gasteiger partial charge >= 0.3 is 0 Å². The molecule has 1 fully saturated rings. The SMILES string of the molecule is COc1cc(CO)ccc1OC1CCCCCC1O. The number of benzene rings is 1. The number of hydrogen-bond acceptors (Lipinski definition) is 4. The highest BCUT2D eigenvalue weighted by Gasteiger charge is 2.24. The predicted octanol–water partition coefficient (Wildman–Crippen LogP) is 2.26. The number of aliphatic hydroxyl groups excluding tert-OH is 2. The predicted molar refractivity (Wildman–Crippen MR) is 72.4 cm³/mol. The van der Waals surface area contributed by atoms with Crippen LogP contribution in [0.25, 0.3) is 0 Å². The van der Waals surface area contributed by atoms with Gasteiger partial charge in [-0.15, -0.1) is 0 Å². The van der Waals surface area contributed by atoms with Gasteiger partial charge in [-0.3, -0.25) is 0 Å². The van der Waals surface area contributed by atoms with Crippen LogP contribution in [0.5, 0.6) is 11.5 Å². The van der Waals surface area contributed by atoms with Gasteiger partial charge in [0.15, 0.2) is 11.5 Å². The van der Waals surface area contributed by atoms with E-state index in [9.17, 15) is 5.11 Å². The van der Waals surface area contributed by atoms with Crippen molar-refractivity contribution in [2.45, 2.75) is 50.9 Å². The van der Waals surface area contributed by atoms with Gasteiger partial charge in [0.25, 0.3) is 0 Å². The maximum atomic E-state index is 10.1. The van der Waals surface area contributed by atoms with Crippen LogP contribution < -0.4 is 9.47 Å². The number of hydrogen-bond donors (Lipinski definition) is 2. The van der Waals surface area contributed by atoms with Crippen LogP contribution in [-0.2, 0) is 6.61 Å². The molecule has 2 atom stereocenters. The highest BCUT2D eigenvalue weighted by Crippen LogP contribution is 2.31. The summed E-state index contributed by atoms with van der Waals surface area (Å²) in [5, 5.41) is 19.2. The van der Waals surface area contributed by atoms with Gasteiger partial charge in [0.2, 0.25) is 0 Å². The molecule has 4 heteroatoms. The minimum atomic E-state index is -0.412. The quantitative estimate of drug-likeness (QED) is 0.821. The van der Waals surface area contributed by atoms with Crippen LogP contribution in [-0.4, -0.2) is 29.5 Å². The van der Waals surface area contributed by atoms with E-state index in [1.54, 1.807) is 25.3 Å². The standard InChI is InChI=1S/C15H22O4/c1-18-15-9-11(10-16)7-8-14(15)19-13-6-4-2-3-5-12(13)17/h7-9,12-13,16-17H,2-6,10H2,1H3. The lowest BCUT2D eigenvalue weighted by atomic mass is 10.1. The smallest absolute Gasteiger partial charge is 0.161 e. The van der Waals surface area contributed by atoms with E-state index in [4.69, 9.17) is 14.6 Å². The first-order chi connectivity index (χ1) is 9.24. The summed E-state index contributed by atoms with van der Waals surface area (Å²) in [6.07, 6.45) is 4.37. The maximum absolute atomic E-state index is 10.1. The molecule has 106 valence electrons. The molecule has 0 saturated heterocycles. The Balaban J connectivity index is 2.12. The molecule has 1 saturated carbocycles. The van der Waals surface area contributed by atoms with E-state index in [-0.39, 0.29) is 12.7 Å². The van der Waals surface area contributed by atoms with E-state index in [0.717, 1.165) is 37.7 Å². The number of methoxy groups -OCH3 is 1. The van der Waals surface area contributed by atoms with Crippen molar-refractivity contribution in [1.29, 1.82) is 0 Å². The molecule has 0 spiro atoms. The Morgan fingerprint density at radius 3 is 2.68 bits per heavy atom. The second-order valence-corrected chi connectivity index (χ2v) is 5.00. The van der Waals surface area contributed by atoms with E-state index in [1.807, 2.05) is 0 Å². The number of aliphatic hydroxyl groups is 2. The topological polar surface area (TPSA) is 58.9 Å². The molecule has 19 heavy (non-hydrogen) atoms. The Morgan fingerprint density at radius 1 is 1.16 bits per heavy atom. The molecule has 1 aromatic carbocycles. The molecule has 0 bridgehead atoms. The zero-order valence-electron chi connectivity index (χ0n) is 11.3. The summed E-state index contributed by atoms with van der Waals surface area (Å²) in [7, 11) is 1.58. The summed E-state index contributed by atoms with van der Waals surface area (Å²) in [6, 6.07) is 5.36. The Kier molecular flexibility index (Phi) is 5.05. The Labute approximate surface area is 114 Å². The van der Waals surface area contributed by atoms with Crippen molar-refractivity contribution in [2.24, 2.45) is 0 Å². The van der Waals surface area contributed by atoms with Crippen molar-refractivity contribution in [3.05, 3.63) is 23.8 Å². The summed E-state index contributed by atoms with van der Waals surface area (Å²) in [4.78, 5) is 0. The molecule has 4 nitrogen and oxygen atoms in total. The Bertz CT molecular complexity index is 405. The summed E-state index contributed by atoms with van der Waals surface area (Å²) in [6.45, 7) is -0.0251. The van der Waals surface area contributed by atoms with Gasteiger partial charge in [-0.1, -0.05) is 18.9 Å². The average Bonchev–Trinajstić information content (AvgIpc) is 2.64. The molecule has 1 aromatic rings. The largest absolute Gasteiger partial charge is 0.493 e. The van der Waals surface area contributed by atoms with E-state index < -0.39 is 6.10 Å². The van der Waals surface area contributed by atoms with Crippen LogP contribution in [0.4, 0.5) is 0 Å². The molecule has 0 heterocycles. The lowest BCUT2D eigenvalue weighted by molar-refractivity contribution is 0.0305.